The highest BCUT2D eigenvalue weighted by molar-refractivity contribution is 7.89. The van der Waals surface area contributed by atoms with Gasteiger partial charge in [0.15, 0.2) is 5.11 Å². The van der Waals surface area contributed by atoms with Gasteiger partial charge in [0, 0.05) is 25.3 Å². The first kappa shape index (κ1) is 18.2. The van der Waals surface area contributed by atoms with Gasteiger partial charge < -0.3 is 10.2 Å². The van der Waals surface area contributed by atoms with Gasteiger partial charge in [-0.1, -0.05) is 20.8 Å². The maximum Gasteiger partial charge on any atom is 0.240 e. The number of rotatable bonds is 4. The van der Waals surface area contributed by atoms with Crippen LogP contribution in [-0.2, 0) is 10.0 Å². The summed E-state index contributed by atoms with van der Waals surface area (Å²) in [4.78, 5) is 2.45. The predicted molar refractivity (Wildman–Crippen MR) is 98.0 cm³/mol. The molecular weight excluding hydrogens is 330 g/mol. The lowest BCUT2D eigenvalue weighted by Gasteiger charge is -2.36. The van der Waals surface area contributed by atoms with Crippen LogP contribution in [0.5, 0.6) is 0 Å². The summed E-state index contributed by atoms with van der Waals surface area (Å²) >= 11 is 5.49. The molecule has 2 N–H and O–H groups in total. The summed E-state index contributed by atoms with van der Waals surface area (Å²) in [5.41, 5.74) is 0.802. The first-order chi connectivity index (χ1) is 10.8. The van der Waals surface area contributed by atoms with Crippen LogP contribution in [0.1, 0.15) is 27.2 Å². The Bertz CT molecular complexity index is 634. The molecule has 1 saturated heterocycles. The fraction of sp³-hybridized carbons (Fsp3) is 0.562. The predicted octanol–water partition coefficient (Wildman–Crippen LogP) is 2.66. The molecule has 2 unspecified atom stereocenters. The molecule has 0 saturated carbocycles. The summed E-state index contributed by atoms with van der Waals surface area (Å²) in [6.07, 6.45) is 1.23. The molecule has 1 aromatic rings. The van der Waals surface area contributed by atoms with E-state index in [2.05, 4.69) is 28.8 Å². The number of anilines is 1. The van der Waals surface area contributed by atoms with E-state index in [0.717, 1.165) is 18.8 Å². The van der Waals surface area contributed by atoms with E-state index in [1.165, 1.54) is 6.42 Å². The number of nitrogens with one attached hydrogen (secondary N) is 2. The van der Waals surface area contributed by atoms with Crippen molar-refractivity contribution in [2.75, 3.05) is 25.0 Å². The van der Waals surface area contributed by atoms with Gasteiger partial charge in [-0.05, 0) is 54.7 Å². The number of hydrogen-bond donors (Lipinski definition) is 2. The fourth-order valence-electron chi connectivity index (χ4n) is 3.02. The number of likely N-dealkylation sites (tertiary alicyclic amines) is 1. The van der Waals surface area contributed by atoms with Gasteiger partial charge in [-0.3, -0.25) is 0 Å². The molecule has 2 atom stereocenters. The van der Waals surface area contributed by atoms with Crippen molar-refractivity contribution in [2.45, 2.75) is 32.1 Å². The average molecular weight is 356 g/mol. The zero-order valence-electron chi connectivity index (χ0n) is 13.9. The van der Waals surface area contributed by atoms with Crippen molar-refractivity contribution in [3.63, 3.8) is 0 Å². The lowest BCUT2D eigenvalue weighted by Crippen LogP contribution is -2.44. The zero-order valence-corrected chi connectivity index (χ0v) is 15.5. The van der Waals surface area contributed by atoms with Crippen LogP contribution in [0, 0.1) is 11.8 Å². The quantitative estimate of drug-likeness (QED) is 0.813. The Hall–Kier alpha value is -1.18. The first-order valence-electron chi connectivity index (χ1n) is 7.97. The maximum absolute atomic E-state index is 11.9. The minimum absolute atomic E-state index is 0.260. The average Bonchev–Trinajstić information content (AvgIpc) is 2.46. The van der Waals surface area contributed by atoms with Crippen LogP contribution in [0.4, 0.5) is 5.69 Å². The first-order valence-corrected chi connectivity index (χ1v) is 9.86. The Morgan fingerprint density at radius 2 is 1.78 bits per heavy atom. The topological polar surface area (TPSA) is 61.4 Å². The summed E-state index contributed by atoms with van der Waals surface area (Å²) < 4.78 is 26.3. The van der Waals surface area contributed by atoms with Gasteiger partial charge in [-0.15, -0.1) is 0 Å². The van der Waals surface area contributed by atoms with Gasteiger partial charge in [-0.25, -0.2) is 13.1 Å². The highest BCUT2D eigenvalue weighted by Crippen LogP contribution is 2.22. The number of sulfonamides is 1. The van der Waals surface area contributed by atoms with E-state index < -0.39 is 10.0 Å². The normalized spacial score (nSPS) is 22.0. The lowest BCUT2D eigenvalue weighted by atomic mass is 9.92. The molecule has 128 valence electrons. The third-order valence-electron chi connectivity index (χ3n) is 3.91. The SMILES string of the molecule is CCNS(=O)(=O)c1ccc(NC(=S)N2CC(C)CC(C)C2)cc1. The number of piperidine rings is 1. The van der Waals surface area contributed by atoms with Crippen molar-refractivity contribution < 1.29 is 8.42 Å². The molecule has 5 nitrogen and oxygen atoms in total. The Labute approximate surface area is 144 Å². The third kappa shape index (κ3) is 4.89. The summed E-state index contributed by atoms with van der Waals surface area (Å²) in [6.45, 7) is 8.54. The summed E-state index contributed by atoms with van der Waals surface area (Å²) in [6, 6.07) is 6.66. The minimum atomic E-state index is -3.41. The Morgan fingerprint density at radius 3 is 2.30 bits per heavy atom. The van der Waals surface area contributed by atoms with Crippen molar-refractivity contribution in [1.82, 2.24) is 9.62 Å². The summed E-state index contributed by atoms with van der Waals surface area (Å²) in [5, 5.41) is 3.91. The van der Waals surface area contributed by atoms with Crippen LogP contribution in [0.3, 0.4) is 0 Å². The number of nitrogens with zero attached hydrogens (tertiary/aromatic N) is 1. The molecule has 0 spiro atoms. The molecular formula is C16H25N3O2S2. The highest BCUT2D eigenvalue weighted by Gasteiger charge is 2.23. The van der Waals surface area contributed by atoms with E-state index in [0.29, 0.717) is 23.5 Å². The van der Waals surface area contributed by atoms with Crippen molar-refractivity contribution in [3.05, 3.63) is 24.3 Å². The van der Waals surface area contributed by atoms with Crippen LogP contribution in [0.25, 0.3) is 0 Å². The van der Waals surface area contributed by atoms with Gasteiger partial charge in [0.2, 0.25) is 10.0 Å². The molecule has 0 amide bonds. The summed E-state index contributed by atoms with van der Waals surface area (Å²) in [7, 11) is -3.41. The van der Waals surface area contributed by atoms with Gasteiger partial charge in [0.25, 0.3) is 0 Å². The van der Waals surface area contributed by atoms with Crippen molar-refractivity contribution in [2.24, 2.45) is 11.8 Å². The van der Waals surface area contributed by atoms with E-state index in [9.17, 15) is 8.42 Å². The molecule has 0 radical (unpaired) electrons. The van der Waals surface area contributed by atoms with Crippen LogP contribution >= 0.6 is 12.2 Å². The van der Waals surface area contributed by atoms with Crippen molar-refractivity contribution in [1.29, 1.82) is 0 Å². The second-order valence-electron chi connectivity index (χ2n) is 6.31. The molecule has 1 fully saturated rings. The van der Waals surface area contributed by atoms with E-state index in [-0.39, 0.29) is 4.90 Å². The van der Waals surface area contributed by atoms with Crippen molar-refractivity contribution in [3.8, 4) is 0 Å². The van der Waals surface area contributed by atoms with E-state index in [4.69, 9.17) is 12.2 Å². The van der Waals surface area contributed by atoms with Gasteiger partial charge in [0.1, 0.15) is 0 Å². The molecule has 2 rings (SSSR count). The zero-order chi connectivity index (χ0) is 17.0. The molecule has 1 heterocycles. The fourth-order valence-corrected chi connectivity index (χ4v) is 4.33. The lowest BCUT2D eigenvalue weighted by molar-refractivity contribution is 0.216. The van der Waals surface area contributed by atoms with E-state index in [1.807, 2.05) is 0 Å². The number of thiocarbonyl (C=S) groups is 1. The third-order valence-corrected chi connectivity index (χ3v) is 5.83. The Kier molecular flexibility index (Phi) is 6.00. The van der Waals surface area contributed by atoms with Gasteiger partial charge in [0.05, 0.1) is 4.90 Å². The molecule has 1 aliphatic rings. The molecule has 0 aromatic heterocycles. The van der Waals surface area contributed by atoms with E-state index >= 15 is 0 Å². The van der Waals surface area contributed by atoms with Crippen LogP contribution < -0.4 is 10.0 Å². The van der Waals surface area contributed by atoms with E-state index in [1.54, 1.807) is 31.2 Å². The highest BCUT2D eigenvalue weighted by atomic mass is 32.2. The standard InChI is InChI=1S/C16H25N3O2S2/c1-4-17-23(20,21)15-7-5-14(6-8-15)18-16(22)19-10-12(2)9-13(3)11-19/h5-8,12-13,17H,4,9-11H2,1-3H3,(H,18,22). The monoisotopic (exact) mass is 355 g/mol. The second kappa shape index (κ2) is 7.59. The molecule has 0 aliphatic carbocycles. The smallest absolute Gasteiger partial charge is 0.240 e. The molecule has 7 heteroatoms. The largest absolute Gasteiger partial charge is 0.348 e. The number of benzene rings is 1. The Balaban J connectivity index is 2.02. The van der Waals surface area contributed by atoms with Crippen LogP contribution in [-0.4, -0.2) is 38.1 Å². The molecule has 23 heavy (non-hydrogen) atoms. The molecule has 1 aliphatic heterocycles. The van der Waals surface area contributed by atoms with Crippen LogP contribution in [0.15, 0.2) is 29.2 Å². The maximum atomic E-state index is 11.9. The molecule has 0 bridgehead atoms. The van der Waals surface area contributed by atoms with Gasteiger partial charge in [-0.2, -0.15) is 0 Å². The van der Waals surface area contributed by atoms with Crippen LogP contribution in [0.2, 0.25) is 0 Å². The van der Waals surface area contributed by atoms with Crippen molar-refractivity contribution >= 4 is 33.0 Å². The minimum Gasteiger partial charge on any atom is -0.348 e. The van der Waals surface area contributed by atoms with Gasteiger partial charge >= 0.3 is 0 Å². The summed E-state index contributed by atoms with van der Waals surface area (Å²) in [5.74, 6) is 1.26. The Morgan fingerprint density at radius 1 is 1.22 bits per heavy atom. The molecule has 1 aromatic carbocycles. The second-order valence-corrected chi connectivity index (χ2v) is 8.46. The number of hydrogen-bond acceptors (Lipinski definition) is 3.